The zero-order chi connectivity index (χ0) is 15.2. The van der Waals surface area contributed by atoms with Crippen molar-refractivity contribution in [3.05, 3.63) is 35.9 Å². The first-order valence-corrected chi connectivity index (χ1v) is 7.63. The molecule has 0 aliphatic heterocycles. The second-order valence-corrected chi connectivity index (χ2v) is 6.19. The van der Waals surface area contributed by atoms with Gasteiger partial charge < -0.3 is 4.74 Å². The molecule has 0 heterocycles. The molecule has 1 aromatic carbocycles. The van der Waals surface area contributed by atoms with Crippen LogP contribution in [0.4, 0.5) is 0 Å². The minimum absolute atomic E-state index is 0.0511. The minimum atomic E-state index is -0.0953. The molecule has 112 valence electrons. The molecule has 2 nitrogen and oxygen atoms in total. The van der Waals surface area contributed by atoms with E-state index in [2.05, 4.69) is 39.8 Å². The minimum Gasteiger partial charge on any atom is -0.465 e. The number of carbonyl (C=O) groups excluding carboxylic acids is 1. The molecule has 2 atom stereocenters. The van der Waals surface area contributed by atoms with Gasteiger partial charge in [-0.3, -0.25) is 4.79 Å². The maximum Gasteiger partial charge on any atom is 0.308 e. The van der Waals surface area contributed by atoms with Gasteiger partial charge in [-0.25, -0.2) is 0 Å². The zero-order valence-electron chi connectivity index (χ0n) is 13.5. The van der Waals surface area contributed by atoms with Gasteiger partial charge in [-0.05, 0) is 23.3 Å². The van der Waals surface area contributed by atoms with Crippen LogP contribution in [0.25, 0.3) is 0 Å². The molecule has 0 fully saturated rings. The number of hydrogen-bond acceptors (Lipinski definition) is 2. The van der Waals surface area contributed by atoms with Crippen molar-refractivity contribution in [1.29, 1.82) is 0 Å². The number of hydrogen-bond donors (Lipinski definition) is 0. The van der Waals surface area contributed by atoms with E-state index in [4.69, 9.17) is 4.74 Å². The second kappa shape index (κ2) is 7.47. The highest BCUT2D eigenvalue weighted by molar-refractivity contribution is 5.72. The smallest absolute Gasteiger partial charge is 0.308 e. The number of unbranched alkanes of at least 4 members (excludes halogenated alkanes) is 1. The Balaban J connectivity index is 2.72. The molecule has 1 rings (SSSR count). The van der Waals surface area contributed by atoms with Crippen LogP contribution in [0.2, 0.25) is 0 Å². The molecule has 20 heavy (non-hydrogen) atoms. The van der Waals surface area contributed by atoms with E-state index in [1.54, 1.807) is 0 Å². The first-order valence-electron chi connectivity index (χ1n) is 7.63. The van der Waals surface area contributed by atoms with Crippen molar-refractivity contribution in [2.75, 3.05) is 6.61 Å². The van der Waals surface area contributed by atoms with Crippen LogP contribution < -0.4 is 0 Å². The van der Waals surface area contributed by atoms with Crippen LogP contribution in [-0.2, 0) is 14.9 Å². The van der Waals surface area contributed by atoms with E-state index in [0.717, 1.165) is 12.8 Å². The third-order valence-electron chi connectivity index (χ3n) is 4.52. The fourth-order valence-corrected chi connectivity index (χ4v) is 2.41. The second-order valence-electron chi connectivity index (χ2n) is 6.19. The highest BCUT2D eigenvalue weighted by Crippen LogP contribution is 2.36. The van der Waals surface area contributed by atoms with Gasteiger partial charge in [-0.1, -0.05) is 71.4 Å². The van der Waals surface area contributed by atoms with Crippen molar-refractivity contribution < 1.29 is 9.53 Å². The Morgan fingerprint density at radius 2 is 1.80 bits per heavy atom. The van der Waals surface area contributed by atoms with Gasteiger partial charge in [0.15, 0.2) is 0 Å². The molecule has 2 heteroatoms. The van der Waals surface area contributed by atoms with Crippen molar-refractivity contribution >= 4 is 5.97 Å². The maximum absolute atomic E-state index is 12.1. The topological polar surface area (TPSA) is 26.3 Å². The molecule has 0 amide bonds. The average Bonchev–Trinajstić information content (AvgIpc) is 2.46. The predicted molar refractivity (Wildman–Crippen MR) is 83.7 cm³/mol. The zero-order valence-corrected chi connectivity index (χ0v) is 13.5. The fourth-order valence-electron chi connectivity index (χ4n) is 2.41. The van der Waals surface area contributed by atoms with E-state index in [-0.39, 0.29) is 23.2 Å². The van der Waals surface area contributed by atoms with Gasteiger partial charge in [0.05, 0.1) is 12.5 Å². The lowest BCUT2D eigenvalue weighted by atomic mass is 9.69. The summed E-state index contributed by atoms with van der Waals surface area (Å²) in [6.45, 7) is 11.1. The van der Waals surface area contributed by atoms with E-state index in [1.807, 2.05) is 25.1 Å². The largest absolute Gasteiger partial charge is 0.465 e. The number of carbonyl (C=O) groups is 1. The third kappa shape index (κ3) is 4.09. The molecular formula is C18H28O2. The van der Waals surface area contributed by atoms with Gasteiger partial charge in [0.1, 0.15) is 0 Å². The Kier molecular flexibility index (Phi) is 6.25. The van der Waals surface area contributed by atoms with Crippen molar-refractivity contribution in [3.8, 4) is 0 Å². The summed E-state index contributed by atoms with van der Waals surface area (Å²) in [5.41, 5.74) is 1.21. The number of benzene rings is 1. The average molecular weight is 276 g/mol. The van der Waals surface area contributed by atoms with Crippen LogP contribution in [0.15, 0.2) is 30.3 Å². The Bertz CT molecular complexity index is 409. The van der Waals surface area contributed by atoms with Gasteiger partial charge in [0, 0.05) is 0 Å². The van der Waals surface area contributed by atoms with E-state index < -0.39 is 0 Å². The highest BCUT2D eigenvalue weighted by Gasteiger charge is 2.35. The molecule has 0 radical (unpaired) electrons. The number of ether oxygens (including phenoxy) is 1. The molecular weight excluding hydrogens is 248 g/mol. The molecule has 0 aliphatic carbocycles. The number of rotatable bonds is 7. The van der Waals surface area contributed by atoms with Crippen LogP contribution in [0.1, 0.15) is 53.0 Å². The molecule has 0 saturated heterocycles. The Labute approximate surface area is 123 Å². The quantitative estimate of drug-likeness (QED) is 0.538. The van der Waals surface area contributed by atoms with Crippen molar-refractivity contribution in [2.45, 2.75) is 52.9 Å². The van der Waals surface area contributed by atoms with E-state index >= 15 is 0 Å². The Morgan fingerprint density at radius 1 is 1.20 bits per heavy atom. The molecule has 0 saturated carbocycles. The summed E-state index contributed by atoms with van der Waals surface area (Å²) in [5.74, 6) is 0.0519. The molecule has 0 aliphatic rings. The van der Waals surface area contributed by atoms with Gasteiger partial charge >= 0.3 is 5.97 Å². The predicted octanol–water partition coefficient (Wildman–Crippen LogP) is 4.58. The standard InChI is InChI=1S/C18H28O2/c1-6-7-13-20-17(19)14(2)15(3)18(4,5)16-11-9-8-10-12-16/h8-12,14-15H,6-7,13H2,1-5H3. The van der Waals surface area contributed by atoms with Gasteiger partial charge in [0.25, 0.3) is 0 Å². The summed E-state index contributed by atoms with van der Waals surface area (Å²) >= 11 is 0. The SMILES string of the molecule is CCCCOC(=O)C(C)C(C)C(C)(C)c1ccccc1. The summed E-state index contributed by atoms with van der Waals surface area (Å²) in [6.07, 6.45) is 1.99. The monoisotopic (exact) mass is 276 g/mol. The summed E-state index contributed by atoms with van der Waals surface area (Å²) in [7, 11) is 0. The molecule has 0 spiro atoms. The molecule has 0 bridgehead atoms. The van der Waals surface area contributed by atoms with Crippen LogP contribution in [0.5, 0.6) is 0 Å². The van der Waals surface area contributed by atoms with Crippen LogP contribution in [0, 0.1) is 11.8 Å². The van der Waals surface area contributed by atoms with Crippen molar-refractivity contribution in [2.24, 2.45) is 11.8 Å². The maximum atomic E-state index is 12.1. The van der Waals surface area contributed by atoms with Crippen molar-refractivity contribution in [3.63, 3.8) is 0 Å². The summed E-state index contributed by atoms with van der Waals surface area (Å²) in [4.78, 5) is 12.1. The summed E-state index contributed by atoms with van der Waals surface area (Å²) < 4.78 is 5.36. The Morgan fingerprint density at radius 3 is 2.35 bits per heavy atom. The molecule has 2 unspecified atom stereocenters. The molecule has 0 N–H and O–H groups in total. The highest BCUT2D eigenvalue weighted by atomic mass is 16.5. The van der Waals surface area contributed by atoms with Crippen LogP contribution in [0.3, 0.4) is 0 Å². The van der Waals surface area contributed by atoms with Crippen LogP contribution >= 0.6 is 0 Å². The summed E-state index contributed by atoms with van der Waals surface area (Å²) in [5, 5.41) is 0. The lowest BCUT2D eigenvalue weighted by Crippen LogP contribution is -2.35. The first kappa shape index (κ1) is 16.7. The lowest BCUT2D eigenvalue weighted by molar-refractivity contribution is -0.150. The van der Waals surface area contributed by atoms with E-state index in [9.17, 15) is 4.79 Å². The lowest BCUT2D eigenvalue weighted by Gasteiger charge is -2.35. The van der Waals surface area contributed by atoms with Gasteiger partial charge in [-0.2, -0.15) is 0 Å². The normalized spacial score (nSPS) is 14.7. The first-order chi connectivity index (χ1) is 9.41. The fraction of sp³-hybridized carbons (Fsp3) is 0.611. The van der Waals surface area contributed by atoms with Gasteiger partial charge in [0.2, 0.25) is 0 Å². The Hall–Kier alpha value is -1.31. The van der Waals surface area contributed by atoms with Crippen molar-refractivity contribution in [1.82, 2.24) is 0 Å². The summed E-state index contributed by atoms with van der Waals surface area (Å²) in [6, 6.07) is 10.4. The molecule has 1 aromatic rings. The van der Waals surface area contributed by atoms with Crippen LogP contribution in [-0.4, -0.2) is 12.6 Å². The molecule has 0 aromatic heterocycles. The van der Waals surface area contributed by atoms with Gasteiger partial charge in [-0.15, -0.1) is 0 Å². The third-order valence-corrected chi connectivity index (χ3v) is 4.52. The number of esters is 1. The van der Waals surface area contributed by atoms with E-state index in [1.165, 1.54) is 5.56 Å². The van der Waals surface area contributed by atoms with E-state index in [0.29, 0.717) is 6.61 Å².